The van der Waals surface area contributed by atoms with E-state index in [0.717, 1.165) is 38.5 Å². The highest BCUT2D eigenvalue weighted by molar-refractivity contribution is 5.76. The summed E-state index contributed by atoms with van der Waals surface area (Å²) in [6, 6.07) is -0.539. The van der Waals surface area contributed by atoms with Crippen molar-refractivity contribution in [1.29, 1.82) is 0 Å². The molecule has 3 N–H and O–H groups in total. The Kier molecular flexibility index (Phi) is 71.3. The van der Waals surface area contributed by atoms with E-state index in [2.05, 4.69) is 19.2 Å². The van der Waals surface area contributed by atoms with Gasteiger partial charge in [0.15, 0.2) is 0 Å². The van der Waals surface area contributed by atoms with Crippen LogP contribution in [0.2, 0.25) is 0 Å². The van der Waals surface area contributed by atoms with Gasteiger partial charge in [0.1, 0.15) is 0 Å². The first-order chi connectivity index (χ1) is 40.5. The number of unbranched alkanes of at least 4 members (excludes halogenated alkanes) is 62. The van der Waals surface area contributed by atoms with Crippen LogP contribution in [-0.4, -0.2) is 47.4 Å². The summed E-state index contributed by atoms with van der Waals surface area (Å²) in [4.78, 5) is 24.7. The molecule has 0 saturated carbocycles. The van der Waals surface area contributed by atoms with E-state index in [1.165, 1.54) is 379 Å². The van der Waals surface area contributed by atoms with Crippen LogP contribution in [0, 0.1) is 0 Å². The van der Waals surface area contributed by atoms with Gasteiger partial charge in [-0.3, -0.25) is 9.59 Å². The molecule has 6 nitrogen and oxygen atoms in total. The molecule has 0 radical (unpaired) electrons. The van der Waals surface area contributed by atoms with Crippen molar-refractivity contribution in [2.45, 2.75) is 463 Å². The number of aliphatic hydroxyl groups excluding tert-OH is 2. The highest BCUT2D eigenvalue weighted by Crippen LogP contribution is 2.20. The van der Waals surface area contributed by atoms with E-state index in [9.17, 15) is 19.8 Å². The minimum absolute atomic E-state index is 0.0239. The number of ether oxygens (including phenoxy) is 1. The van der Waals surface area contributed by atoms with Crippen LogP contribution in [0.1, 0.15) is 450 Å². The van der Waals surface area contributed by atoms with Crippen LogP contribution >= 0.6 is 0 Å². The molecule has 0 bridgehead atoms. The molecular weight excluding hydrogens is 1010 g/mol. The van der Waals surface area contributed by atoms with Crippen molar-refractivity contribution in [3.05, 3.63) is 0 Å². The Balaban J connectivity index is 3.33. The number of hydrogen-bond acceptors (Lipinski definition) is 5. The summed E-state index contributed by atoms with van der Waals surface area (Å²) in [6.45, 7) is 5.02. The average Bonchev–Trinajstić information content (AvgIpc) is 3.48. The number of carbonyl (C=O) groups excluding carboxylic acids is 2. The second-order valence-electron chi connectivity index (χ2n) is 26.7. The molecule has 82 heavy (non-hydrogen) atoms. The van der Waals surface area contributed by atoms with Gasteiger partial charge in [-0.25, -0.2) is 0 Å². The normalized spacial score (nSPS) is 12.4. The summed E-state index contributed by atoms with van der Waals surface area (Å²) in [6.07, 6.45) is 88.9. The number of hydrogen-bond donors (Lipinski definition) is 3. The lowest BCUT2D eigenvalue weighted by molar-refractivity contribution is -0.143. The van der Waals surface area contributed by atoms with Gasteiger partial charge in [-0.1, -0.05) is 412 Å². The predicted octanol–water partition coefficient (Wildman–Crippen LogP) is 24.9. The zero-order valence-corrected chi connectivity index (χ0v) is 56.3. The van der Waals surface area contributed by atoms with E-state index in [4.69, 9.17) is 4.74 Å². The maximum Gasteiger partial charge on any atom is 0.305 e. The maximum absolute atomic E-state index is 12.6. The topological polar surface area (TPSA) is 95.9 Å². The van der Waals surface area contributed by atoms with E-state index in [1.54, 1.807) is 0 Å². The molecule has 0 fully saturated rings. The average molecular weight is 1160 g/mol. The third-order valence-corrected chi connectivity index (χ3v) is 18.4. The fraction of sp³-hybridized carbons (Fsp3) is 0.974. The zero-order valence-electron chi connectivity index (χ0n) is 56.3. The molecule has 0 aromatic carbocycles. The van der Waals surface area contributed by atoms with Crippen molar-refractivity contribution in [1.82, 2.24) is 5.32 Å². The van der Waals surface area contributed by atoms with Crippen LogP contribution in [0.15, 0.2) is 0 Å². The summed E-state index contributed by atoms with van der Waals surface area (Å²) < 4.78 is 5.51. The number of esters is 1. The number of amides is 1. The molecule has 1 amide bonds. The van der Waals surface area contributed by atoms with Gasteiger partial charge in [0.25, 0.3) is 0 Å². The molecular formula is C76H151NO5. The molecule has 0 aromatic rings. The van der Waals surface area contributed by atoms with Crippen molar-refractivity contribution < 1.29 is 24.5 Å². The monoisotopic (exact) mass is 1160 g/mol. The Hall–Kier alpha value is -1.14. The van der Waals surface area contributed by atoms with Crippen molar-refractivity contribution >= 4 is 11.9 Å². The summed E-state index contributed by atoms with van der Waals surface area (Å²) in [5.41, 5.74) is 0. The van der Waals surface area contributed by atoms with E-state index in [1.807, 2.05) is 0 Å². The maximum atomic E-state index is 12.6. The van der Waals surface area contributed by atoms with E-state index >= 15 is 0 Å². The smallest absolute Gasteiger partial charge is 0.305 e. The Bertz CT molecular complexity index is 1200. The standard InChI is InChI=1S/C76H151NO5/c1-3-5-7-9-11-13-15-17-19-21-22-31-34-37-40-44-48-52-56-60-64-68-74(79)73(72-78)77-75(80)69-65-61-57-53-49-45-41-38-35-32-29-27-25-23-24-26-28-30-33-36-39-43-47-51-55-59-63-67-71-82-76(81)70-66-62-58-54-50-46-42-20-18-16-14-12-10-8-6-4-2/h73-74,78-79H,3-72H2,1-2H3,(H,77,80). The summed E-state index contributed by atoms with van der Waals surface area (Å²) in [5, 5.41) is 23.4. The third-order valence-electron chi connectivity index (χ3n) is 18.4. The number of rotatable bonds is 73. The number of aliphatic hydroxyl groups is 2. The lowest BCUT2D eigenvalue weighted by atomic mass is 10.0. The van der Waals surface area contributed by atoms with Gasteiger partial charge < -0.3 is 20.3 Å². The first-order valence-electron chi connectivity index (χ1n) is 38.3. The van der Waals surface area contributed by atoms with E-state index in [0.29, 0.717) is 25.9 Å². The van der Waals surface area contributed by atoms with Crippen LogP contribution < -0.4 is 5.32 Å². The molecule has 6 heteroatoms. The highest BCUT2D eigenvalue weighted by Gasteiger charge is 2.20. The molecule has 0 rings (SSSR count). The Labute approximate surface area is 515 Å². The van der Waals surface area contributed by atoms with E-state index in [-0.39, 0.29) is 18.5 Å². The van der Waals surface area contributed by atoms with Crippen LogP contribution in [0.25, 0.3) is 0 Å². The van der Waals surface area contributed by atoms with Crippen LogP contribution in [0.3, 0.4) is 0 Å². The largest absolute Gasteiger partial charge is 0.466 e. The summed E-state index contributed by atoms with van der Waals surface area (Å²) >= 11 is 0. The predicted molar refractivity (Wildman–Crippen MR) is 361 cm³/mol. The molecule has 0 aromatic heterocycles. The van der Waals surface area contributed by atoms with E-state index < -0.39 is 12.1 Å². The van der Waals surface area contributed by atoms with Crippen molar-refractivity contribution in [3.63, 3.8) is 0 Å². The second kappa shape index (κ2) is 72.3. The van der Waals surface area contributed by atoms with Crippen LogP contribution in [0.5, 0.6) is 0 Å². The molecule has 2 unspecified atom stereocenters. The van der Waals surface area contributed by atoms with Gasteiger partial charge in [0, 0.05) is 12.8 Å². The first kappa shape index (κ1) is 80.9. The van der Waals surface area contributed by atoms with Crippen molar-refractivity contribution in [3.8, 4) is 0 Å². The fourth-order valence-corrected chi connectivity index (χ4v) is 12.6. The summed E-state index contributed by atoms with van der Waals surface area (Å²) in [5.74, 6) is -0.00203. The fourth-order valence-electron chi connectivity index (χ4n) is 12.6. The van der Waals surface area contributed by atoms with Crippen molar-refractivity contribution in [2.24, 2.45) is 0 Å². The third kappa shape index (κ3) is 68.0. The molecule has 2 atom stereocenters. The zero-order chi connectivity index (χ0) is 59.2. The number of nitrogens with one attached hydrogen (secondary N) is 1. The molecule has 0 aliphatic heterocycles. The lowest BCUT2D eigenvalue weighted by Gasteiger charge is -2.22. The quantitative estimate of drug-likeness (QED) is 0.0417. The second-order valence-corrected chi connectivity index (χ2v) is 26.7. The minimum Gasteiger partial charge on any atom is -0.466 e. The molecule has 0 saturated heterocycles. The van der Waals surface area contributed by atoms with Gasteiger partial charge in [-0.05, 0) is 25.7 Å². The number of carbonyl (C=O) groups is 2. The first-order valence-corrected chi connectivity index (χ1v) is 38.3. The van der Waals surface area contributed by atoms with Crippen molar-refractivity contribution in [2.75, 3.05) is 13.2 Å². The lowest BCUT2D eigenvalue weighted by Crippen LogP contribution is -2.45. The molecule has 0 aliphatic rings. The Morgan fingerprint density at radius 2 is 0.500 bits per heavy atom. The Morgan fingerprint density at radius 3 is 0.744 bits per heavy atom. The summed E-state index contributed by atoms with van der Waals surface area (Å²) in [7, 11) is 0. The molecule has 0 aliphatic carbocycles. The van der Waals surface area contributed by atoms with Gasteiger partial charge in [0.05, 0.1) is 25.4 Å². The molecule has 0 spiro atoms. The minimum atomic E-state index is -0.662. The molecule has 490 valence electrons. The highest BCUT2D eigenvalue weighted by atomic mass is 16.5. The van der Waals surface area contributed by atoms with Gasteiger partial charge >= 0.3 is 5.97 Å². The SMILES string of the molecule is CCCCCCCCCCCCCCCCCCCCCCCC(O)C(CO)NC(=O)CCCCCCCCCCCCCCCCCCCCCCCCCCCCCCOC(=O)CCCCCCCCCCCCCCCCCC. The van der Waals surface area contributed by atoms with Crippen LogP contribution in [-0.2, 0) is 14.3 Å². The van der Waals surface area contributed by atoms with Crippen LogP contribution in [0.4, 0.5) is 0 Å². The van der Waals surface area contributed by atoms with Gasteiger partial charge in [-0.2, -0.15) is 0 Å². The van der Waals surface area contributed by atoms with Gasteiger partial charge in [-0.15, -0.1) is 0 Å². The molecule has 0 heterocycles. The Morgan fingerprint density at radius 1 is 0.293 bits per heavy atom. The van der Waals surface area contributed by atoms with Gasteiger partial charge in [0.2, 0.25) is 5.91 Å².